The Balaban J connectivity index is 1.68. The molecule has 3 nitrogen and oxygen atoms in total. The Kier molecular flexibility index (Phi) is 3.79. The second-order valence-corrected chi connectivity index (χ2v) is 4.68. The molecular weight excluding hydrogens is 176 g/mol. The van der Waals surface area contributed by atoms with Gasteiger partial charge in [0.1, 0.15) is 0 Å². The molecule has 0 radical (unpaired) electrons. The van der Waals surface area contributed by atoms with Gasteiger partial charge in [-0.15, -0.1) is 0 Å². The van der Waals surface area contributed by atoms with Crippen LogP contribution in [0.15, 0.2) is 0 Å². The summed E-state index contributed by atoms with van der Waals surface area (Å²) in [5.41, 5.74) is 0. The van der Waals surface area contributed by atoms with Gasteiger partial charge in [0.05, 0.1) is 12.7 Å². The first-order valence-corrected chi connectivity index (χ1v) is 5.89. The molecular formula is C11H22N2O. The largest absolute Gasteiger partial charge is 0.374 e. The summed E-state index contributed by atoms with van der Waals surface area (Å²) in [6.07, 6.45) is 3.15. The van der Waals surface area contributed by atoms with Gasteiger partial charge in [-0.05, 0) is 31.8 Å². The van der Waals surface area contributed by atoms with Crippen molar-refractivity contribution in [1.82, 2.24) is 10.2 Å². The third-order valence-corrected chi connectivity index (χ3v) is 3.34. The first-order valence-electron chi connectivity index (χ1n) is 5.89. The van der Waals surface area contributed by atoms with Crippen molar-refractivity contribution >= 4 is 0 Å². The molecule has 0 aromatic carbocycles. The summed E-state index contributed by atoms with van der Waals surface area (Å²) in [6, 6.07) is 0. The number of rotatable bonds is 2. The second kappa shape index (κ2) is 5.10. The van der Waals surface area contributed by atoms with Gasteiger partial charge >= 0.3 is 0 Å². The first kappa shape index (κ1) is 10.4. The summed E-state index contributed by atoms with van der Waals surface area (Å²) in [7, 11) is 0. The van der Waals surface area contributed by atoms with Crippen molar-refractivity contribution in [3.8, 4) is 0 Å². The van der Waals surface area contributed by atoms with E-state index in [-0.39, 0.29) is 0 Å². The molecule has 14 heavy (non-hydrogen) atoms. The molecule has 0 spiro atoms. The number of likely N-dealkylation sites (tertiary alicyclic amines) is 1. The summed E-state index contributed by atoms with van der Waals surface area (Å²) >= 11 is 0. The summed E-state index contributed by atoms with van der Waals surface area (Å²) in [5.74, 6) is 0.927. The molecule has 1 unspecified atom stereocenters. The van der Waals surface area contributed by atoms with E-state index in [0.717, 1.165) is 32.2 Å². The fourth-order valence-electron chi connectivity index (χ4n) is 2.27. The van der Waals surface area contributed by atoms with E-state index in [4.69, 9.17) is 4.74 Å². The monoisotopic (exact) mass is 198 g/mol. The van der Waals surface area contributed by atoms with Gasteiger partial charge in [-0.2, -0.15) is 0 Å². The number of hydrogen-bond donors (Lipinski definition) is 1. The highest BCUT2D eigenvalue weighted by Gasteiger charge is 2.20. The Morgan fingerprint density at radius 1 is 1.36 bits per heavy atom. The van der Waals surface area contributed by atoms with Crippen molar-refractivity contribution in [3.05, 3.63) is 0 Å². The van der Waals surface area contributed by atoms with E-state index >= 15 is 0 Å². The smallest absolute Gasteiger partial charge is 0.0826 e. The standard InChI is InChI=1S/C11H22N2O/c1-10-2-5-13(6-3-10)9-11-8-12-4-7-14-11/h10-12H,2-9H2,1H3. The van der Waals surface area contributed by atoms with Gasteiger partial charge in [0.25, 0.3) is 0 Å². The predicted molar refractivity (Wildman–Crippen MR) is 57.4 cm³/mol. The highest BCUT2D eigenvalue weighted by atomic mass is 16.5. The molecule has 82 valence electrons. The molecule has 2 aliphatic rings. The summed E-state index contributed by atoms with van der Waals surface area (Å²) in [6.45, 7) is 8.95. The van der Waals surface area contributed by atoms with Crippen LogP contribution in [-0.4, -0.2) is 50.3 Å². The molecule has 0 bridgehead atoms. The maximum Gasteiger partial charge on any atom is 0.0826 e. The van der Waals surface area contributed by atoms with E-state index in [1.54, 1.807) is 0 Å². The minimum atomic E-state index is 0.428. The highest BCUT2D eigenvalue weighted by molar-refractivity contribution is 4.75. The normalized spacial score (nSPS) is 31.9. The first-order chi connectivity index (χ1) is 6.84. The van der Waals surface area contributed by atoms with Crippen molar-refractivity contribution in [2.24, 2.45) is 5.92 Å². The maximum absolute atomic E-state index is 5.70. The lowest BCUT2D eigenvalue weighted by Gasteiger charge is -2.34. The Morgan fingerprint density at radius 3 is 2.79 bits per heavy atom. The zero-order valence-electron chi connectivity index (χ0n) is 9.17. The van der Waals surface area contributed by atoms with Crippen molar-refractivity contribution in [2.75, 3.05) is 39.3 Å². The van der Waals surface area contributed by atoms with Crippen LogP contribution in [0.3, 0.4) is 0 Å². The van der Waals surface area contributed by atoms with E-state index in [9.17, 15) is 0 Å². The van der Waals surface area contributed by atoms with E-state index in [1.807, 2.05) is 0 Å². The lowest BCUT2D eigenvalue weighted by Crippen LogP contribution is -2.47. The van der Waals surface area contributed by atoms with Gasteiger partial charge in [0.2, 0.25) is 0 Å². The third kappa shape index (κ3) is 2.94. The van der Waals surface area contributed by atoms with Gasteiger partial charge in [-0.25, -0.2) is 0 Å². The average Bonchev–Trinajstić information content (AvgIpc) is 2.23. The molecule has 0 aromatic heterocycles. The molecule has 0 aromatic rings. The minimum absolute atomic E-state index is 0.428. The molecule has 1 N–H and O–H groups in total. The fourth-order valence-corrected chi connectivity index (χ4v) is 2.27. The van der Waals surface area contributed by atoms with Gasteiger partial charge in [0, 0.05) is 19.6 Å². The maximum atomic E-state index is 5.70. The van der Waals surface area contributed by atoms with E-state index in [2.05, 4.69) is 17.1 Å². The van der Waals surface area contributed by atoms with Crippen LogP contribution in [-0.2, 0) is 4.74 Å². The zero-order chi connectivity index (χ0) is 9.80. The molecule has 3 heteroatoms. The van der Waals surface area contributed by atoms with Gasteiger partial charge < -0.3 is 15.0 Å². The lowest BCUT2D eigenvalue weighted by molar-refractivity contribution is -0.000111. The Hall–Kier alpha value is -0.120. The van der Waals surface area contributed by atoms with Crippen molar-refractivity contribution in [3.63, 3.8) is 0 Å². The zero-order valence-corrected chi connectivity index (χ0v) is 9.17. The van der Waals surface area contributed by atoms with Crippen LogP contribution < -0.4 is 5.32 Å². The van der Waals surface area contributed by atoms with Gasteiger partial charge in [-0.3, -0.25) is 0 Å². The quantitative estimate of drug-likeness (QED) is 0.707. The number of hydrogen-bond acceptors (Lipinski definition) is 3. The number of nitrogens with zero attached hydrogens (tertiary/aromatic N) is 1. The predicted octanol–water partition coefficient (Wildman–Crippen LogP) is 0.707. The summed E-state index contributed by atoms with van der Waals surface area (Å²) < 4.78 is 5.70. The number of ether oxygens (including phenoxy) is 1. The van der Waals surface area contributed by atoms with Crippen LogP contribution in [0, 0.1) is 5.92 Å². The van der Waals surface area contributed by atoms with Gasteiger partial charge in [-0.1, -0.05) is 6.92 Å². The van der Waals surface area contributed by atoms with E-state index in [0.29, 0.717) is 6.10 Å². The van der Waals surface area contributed by atoms with Crippen LogP contribution in [0.4, 0.5) is 0 Å². The van der Waals surface area contributed by atoms with Crippen molar-refractivity contribution in [2.45, 2.75) is 25.9 Å². The molecule has 2 heterocycles. The fraction of sp³-hybridized carbons (Fsp3) is 1.00. The van der Waals surface area contributed by atoms with Crippen molar-refractivity contribution < 1.29 is 4.74 Å². The number of nitrogens with one attached hydrogen (secondary N) is 1. The van der Waals surface area contributed by atoms with Crippen LogP contribution >= 0.6 is 0 Å². The Labute approximate surface area is 86.8 Å². The summed E-state index contributed by atoms with van der Waals surface area (Å²) in [4.78, 5) is 2.55. The lowest BCUT2D eigenvalue weighted by atomic mass is 9.99. The molecule has 0 saturated carbocycles. The van der Waals surface area contributed by atoms with E-state index < -0.39 is 0 Å². The Morgan fingerprint density at radius 2 is 2.14 bits per heavy atom. The molecule has 2 rings (SSSR count). The number of piperidine rings is 1. The second-order valence-electron chi connectivity index (χ2n) is 4.68. The third-order valence-electron chi connectivity index (χ3n) is 3.34. The molecule has 2 fully saturated rings. The number of morpholine rings is 1. The summed E-state index contributed by atoms with van der Waals surface area (Å²) in [5, 5.41) is 3.38. The van der Waals surface area contributed by atoms with Crippen LogP contribution in [0.2, 0.25) is 0 Å². The van der Waals surface area contributed by atoms with Crippen LogP contribution in [0.5, 0.6) is 0 Å². The molecule has 0 aliphatic carbocycles. The molecule has 0 amide bonds. The van der Waals surface area contributed by atoms with Gasteiger partial charge in [0.15, 0.2) is 0 Å². The molecule has 1 atom stereocenters. The highest BCUT2D eigenvalue weighted by Crippen LogP contribution is 2.16. The van der Waals surface area contributed by atoms with Crippen LogP contribution in [0.25, 0.3) is 0 Å². The topological polar surface area (TPSA) is 24.5 Å². The van der Waals surface area contributed by atoms with Crippen molar-refractivity contribution in [1.29, 1.82) is 0 Å². The molecule has 2 saturated heterocycles. The SMILES string of the molecule is CC1CCN(CC2CNCCO2)CC1. The molecule has 2 aliphatic heterocycles. The Bertz CT molecular complexity index is 161. The van der Waals surface area contributed by atoms with Crippen LogP contribution in [0.1, 0.15) is 19.8 Å². The van der Waals surface area contributed by atoms with E-state index in [1.165, 1.54) is 25.9 Å². The minimum Gasteiger partial charge on any atom is -0.374 e. The average molecular weight is 198 g/mol.